The lowest BCUT2D eigenvalue weighted by Crippen LogP contribution is -1.99. The van der Waals surface area contributed by atoms with Gasteiger partial charge in [0, 0.05) is 0 Å². The molecule has 0 aliphatic heterocycles. The molecule has 1 rings (SSSR count). The summed E-state index contributed by atoms with van der Waals surface area (Å²) in [5.74, 6) is -0.0627. The van der Waals surface area contributed by atoms with Crippen molar-refractivity contribution < 1.29 is 13.2 Å². The van der Waals surface area contributed by atoms with Gasteiger partial charge in [-0.3, -0.25) is 5.10 Å². The number of hydrogen-bond acceptors (Lipinski definition) is 3. The number of alkyl halides is 3. The molecule has 1 heterocycles. The number of H-pyrrole nitrogens is 1. The van der Waals surface area contributed by atoms with Crippen molar-refractivity contribution in [1.82, 2.24) is 10.2 Å². The predicted molar refractivity (Wildman–Crippen MR) is 34.9 cm³/mol. The fourth-order valence-electron chi connectivity index (χ4n) is 0.491. The van der Waals surface area contributed by atoms with Gasteiger partial charge in [0.25, 0.3) is 0 Å². The lowest BCUT2D eigenvalue weighted by atomic mass is 10.7. The Labute approximate surface area is 64.2 Å². The Morgan fingerprint density at radius 3 is 2.55 bits per heavy atom. The minimum Gasteiger partial charge on any atom is -0.383 e. The molecule has 0 saturated heterocycles. The molecular formula is C4H4F3N3S. The molecule has 1 aromatic rings. The maximum atomic E-state index is 11.7. The number of nitrogen functional groups attached to an aromatic ring is 1. The maximum absolute atomic E-state index is 11.7. The van der Waals surface area contributed by atoms with Gasteiger partial charge in [-0.2, -0.15) is 18.3 Å². The van der Waals surface area contributed by atoms with Crippen LogP contribution in [0.3, 0.4) is 0 Å². The monoisotopic (exact) mass is 183 g/mol. The summed E-state index contributed by atoms with van der Waals surface area (Å²) in [4.78, 5) is -0.0995. The Bertz CT molecular complexity index is 243. The van der Waals surface area contributed by atoms with Gasteiger partial charge in [0.05, 0.1) is 11.1 Å². The van der Waals surface area contributed by atoms with Crippen molar-refractivity contribution in [3.8, 4) is 0 Å². The highest BCUT2D eigenvalue weighted by molar-refractivity contribution is 8.00. The minimum atomic E-state index is -4.31. The number of hydrogen-bond donors (Lipinski definition) is 2. The minimum absolute atomic E-state index is 0.0627. The van der Waals surface area contributed by atoms with Gasteiger partial charge in [-0.05, 0) is 11.8 Å². The van der Waals surface area contributed by atoms with E-state index in [9.17, 15) is 13.2 Å². The zero-order valence-electron chi connectivity index (χ0n) is 5.14. The second kappa shape index (κ2) is 2.65. The molecule has 0 atom stereocenters. The molecule has 0 fully saturated rings. The summed E-state index contributed by atoms with van der Waals surface area (Å²) in [6.07, 6.45) is 1.04. The largest absolute Gasteiger partial charge is 0.446 e. The molecule has 0 aliphatic rings. The van der Waals surface area contributed by atoms with E-state index in [-0.39, 0.29) is 22.5 Å². The standard InChI is InChI=1S/C4H4F3N3S/c5-4(6,7)11-2-1-9-10-3(2)8/h1H,(H3,8,9,10). The van der Waals surface area contributed by atoms with Gasteiger partial charge in [-0.1, -0.05) is 0 Å². The summed E-state index contributed by atoms with van der Waals surface area (Å²) in [5, 5.41) is 5.53. The van der Waals surface area contributed by atoms with Crippen LogP contribution < -0.4 is 5.73 Å². The third kappa shape index (κ3) is 2.34. The van der Waals surface area contributed by atoms with Gasteiger partial charge in [0.1, 0.15) is 5.82 Å². The van der Waals surface area contributed by atoms with E-state index in [1.54, 1.807) is 0 Å². The van der Waals surface area contributed by atoms with Gasteiger partial charge in [-0.25, -0.2) is 0 Å². The number of thioether (sulfide) groups is 1. The summed E-state index contributed by atoms with van der Waals surface area (Å²) in [6.45, 7) is 0. The lowest BCUT2D eigenvalue weighted by Gasteiger charge is -2.02. The fourth-order valence-corrected chi connectivity index (χ4v) is 1.00. The van der Waals surface area contributed by atoms with Crippen molar-refractivity contribution in [3.05, 3.63) is 6.20 Å². The van der Waals surface area contributed by atoms with Crippen LogP contribution in [0.4, 0.5) is 19.0 Å². The zero-order chi connectivity index (χ0) is 8.48. The molecule has 3 nitrogen and oxygen atoms in total. The number of nitrogens with two attached hydrogens (primary N) is 1. The lowest BCUT2D eigenvalue weighted by molar-refractivity contribution is -0.0327. The summed E-state index contributed by atoms with van der Waals surface area (Å²) >= 11 is -0.285. The summed E-state index contributed by atoms with van der Waals surface area (Å²) in [5.41, 5.74) is 0.801. The number of aromatic nitrogens is 2. The first-order valence-corrected chi connectivity index (χ1v) is 3.35. The number of aromatic amines is 1. The van der Waals surface area contributed by atoms with E-state index >= 15 is 0 Å². The van der Waals surface area contributed by atoms with E-state index in [4.69, 9.17) is 5.73 Å². The average Bonchev–Trinajstić information content (AvgIpc) is 2.12. The van der Waals surface area contributed by atoms with Crippen molar-refractivity contribution in [1.29, 1.82) is 0 Å². The van der Waals surface area contributed by atoms with Crippen LogP contribution in [0, 0.1) is 0 Å². The maximum Gasteiger partial charge on any atom is 0.446 e. The molecule has 0 unspecified atom stereocenters. The van der Waals surface area contributed by atoms with Crippen LogP contribution in [0.25, 0.3) is 0 Å². The third-order valence-corrected chi connectivity index (χ3v) is 1.63. The van der Waals surface area contributed by atoms with Gasteiger partial charge in [0.2, 0.25) is 0 Å². The van der Waals surface area contributed by atoms with E-state index in [1.165, 1.54) is 0 Å². The smallest absolute Gasteiger partial charge is 0.383 e. The molecule has 0 saturated carbocycles. The van der Waals surface area contributed by atoms with Gasteiger partial charge in [0.15, 0.2) is 0 Å². The SMILES string of the molecule is Nc1[nH]ncc1SC(F)(F)F. The van der Waals surface area contributed by atoms with Crippen LogP contribution in [0.1, 0.15) is 0 Å². The van der Waals surface area contributed by atoms with E-state index in [0.29, 0.717) is 0 Å². The van der Waals surface area contributed by atoms with E-state index in [0.717, 1.165) is 6.20 Å². The summed E-state index contributed by atoms with van der Waals surface area (Å²) in [7, 11) is 0. The molecule has 0 aromatic carbocycles. The molecule has 0 aliphatic carbocycles. The van der Waals surface area contributed by atoms with E-state index in [1.807, 2.05) is 0 Å². The summed E-state index contributed by atoms with van der Waals surface area (Å²) in [6, 6.07) is 0. The molecule has 11 heavy (non-hydrogen) atoms. The first kappa shape index (κ1) is 8.25. The summed E-state index contributed by atoms with van der Waals surface area (Å²) < 4.78 is 35.0. The number of nitrogens with one attached hydrogen (secondary N) is 1. The quantitative estimate of drug-likeness (QED) is 0.650. The number of rotatable bonds is 1. The van der Waals surface area contributed by atoms with E-state index < -0.39 is 5.51 Å². The predicted octanol–water partition coefficient (Wildman–Crippen LogP) is 1.60. The highest BCUT2D eigenvalue weighted by atomic mass is 32.2. The molecule has 62 valence electrons. The highest BCUT2D eigenvalue weighted by Crippen LogP contribution is 2.38. The topological polar surface area (TPSA) is 54.7 Å². The Kier molecular flexibility index (Phi) is 1.99. The normalized spacial score (nSPS) is 11.9. The Hall–Kier alpha value is -0.850. The van der Waals surface area contributed by atoms with Crippen LogP contribution in [0.5, 0.6) is 0 Å². The highest BCUT2D eigenvalue weighted by Gasteiger charge is 2.30. The van der Waals surface area contributed by atoms with Crippen LogP contribution >= 0.6 is 11.8 Å². The second-order valence-electron chi connectivity index (χ2n) is 1.70. The third-order valence-electron chi connectivity index (χ3n) is 0.858. The van der Waals surface area contributed by atoms with Crippen molar-refractivity contribution in [2.45, 2.75) is 10.4 Å². The van der Waals surface area contributed by atoms with Crippen molar-refractivity contribution in [2.24, 2.45) is 0 Å². The van der Waals surface area contributed by atoms with Gasteiger partial charge >= 0.3 is 5.51 Å². The van der Waals surface area contributed by atoms with Gasteiger partial charge < -0.3 is 5.73 Å². The number of anilines is 1. The Morgan fingerprint density at radius 1 is 1.55 bits per heavy atom. The molecular weight excluding hydrogens is 179 g/mol. The molecule has 0 radical (unpaired) electrons. The van der Waals surface area contributed by atoms with Crippen molar-refractivity contribution >= 4 is 17.6 Å². The molecule has 0 spiro atoms. The molecule has 0 bridgehead atoms. The molecule has 3 N–H and O–H groups in total. The first-order chi connectivity index (χ1) is 4.99. The van der Waals surface area contributed by atoms with Crippen LogP contribution in [0.2, 0.25) is 0 Å². The van der Waals surface area contributed by atoms with Crippen LogP contribution in [0.15, 0.2) is 11.1 Å². The fraction of sp³-hybridized carbons (Fsp3) is 0.250. The zero-order valence-corrected chi connectivity index (χ0v) is 5.96. The Morgan fingerprint density at radius 2 is 2.18 bits per heavy atom. The van der Waals surface area contributed by atoms with Gasteiger partial charge in [-0.15, -0.1) is 0 Å². The average molecular weight is 183 g/mol. The molecule has 0 amide bonds. The molecule has 1 aromatic heterocycles. The van der Waals surface area contributed by atoms with Crippen LogP contribution in [-0.4, -0.2) is 15.7 Å². The van der Waals surface area contributed by atoms with Crippen molar-refractivity contribution in [2.75, 3.05) is 5.73 Å². The second-order valence-corrected chi connectivity index (χ2v) is 2.80. The number of halogens is 3. The van der Waals surface area contributed by atoms with Crippen molar-refractivity contribution in [3.63, 3.8) is 0 Å². The first-order valence-electron chi connectivity index (χ1n) is 2.53. The number of nitrogens with zero attached hydrogens (tertiary/aromatic N) is 1. The van der Waals surface area contributed by atoms with Crippen LogP contribution in [-0.2, 0) is 0 Å². The Balaban J connectivity index is 2.72. The molecule has 7 heteroatoms. The van der Waals surface area contributed by atoms with E-state index in [2.05, 4.69) is 10.2 Å².